The Labute approximate surface area is 186 Å². The number of nitrogens with two attached hydrogens (primary N) is 1. The van der Waals surface area contributed by atoms with Gasteiger partial charge in [-0.2, -0.15) is 5.53 Å². The number of nitrogens with one attached hydrogen (secondary N) is 1. The summed E-state index contributed by atoms with van der Waals surface area (Å²) >= 11 is 0. The van der Waals surface area contributed by atoms with Crippen LogP contribution < -0.4 is 15.2 Å². The zero-order valence-electron chi connectivity index (χ0n) is 17.4. The van der Waals surface area contributed by atoms with Gasteiger partial charge >= 0.3 is 0 Å². The third-order valence-electron chi connectivity index (χ3n) is 4.93. The van der Waals surface area contributed by atoms with Gasteiger partial charge in [0.05, 0.1) is 11.2 Å². The summed E-state index contributed by atoms with van der Waals surface area (Å²) in [6.45, 7) is 0.786. The Bertz CT molecular complexity index is 1240. The molecule has 0 aliphatic carbocycles. The van der Waals surface area contributed by atoms with Crippen molar-refractivity contribution in [2.75, 3.05) is 0 Å². The van der Waals surface area contributed by atoms with Gasteiger partial charge in [-0.3, -0.25) is 0 Å². The van der Waals surface area contributed by atoms with Gasteiger partial charge in [-0.15, -0.1) is 5.10 Å². The molecule has 7 heteroatoms. The fourth-order valence-electron chi connectivity index (χ4n) is 3.30. The van der Waals surface area contributed by atoms with E-state index in [1.807, 2.05) is 78.9 Å². The first-order chi connectivity index (χ1) is 15.7. The Morgan fingerprint density at radius 2 is 1.44 bits per heavy atom. The van der Waals surface area contributed by atoms with Crippen LogP contribution in [0.25, 0.3) is 10.9 Å². The molecule has 1 heterocycles. The maximum atomic E-state index is 6.79. The van der Waals surface area contributed by atoms with Crippen LogP contribution in [0.1, 0.15) is 16.8 Å². The van der Waals surface area contributed by atoms with E-state index in [2.05, 4.69) is 21.4 Å². The van der Waals surface area contributed by atoms with Crippen molar-refractivity contribution in [1.82, 2.24) is 4.98 Å². The lowest BCUT2D eigenvalue weighted by molar-refractivity contribution is 0.294. The third kappa shape index (κ3) is 5.46. The summed E-state index contributed by atoms with van der Waals surface area (Å²) in [4.78, 5) is 4.63. The number of amidine groups is 1. The topological polar surface area (TPSA) is 106 Å². The second-order valence-corrected chi connectivity index (χ2v) is 7.18. The Morgan fingerprint density at radius 1 is 0.781 bits per heavy atom. The van der Waals surface area contributed by atoms with Crippen LogP contribution in [0.2, 0.25) is 0 Å². The van der Waals surface area contributed by atoms with Crippen molar-refractivity contribution < 1.29 is 9.47 Å². The number of hydrogen-bond acceptors (Lipinski definition) is 5. The van der Waals surface area contributed by atoms with Gasteiger partial charge in [0.15, 0.2) is 0 Å². The molecule has 4 aromatic rings. The largest absolute Gasteiger partial charge is 0.489 e. The summed E-state index contributed by atoms with van der Waals surface area (Å²) in [5.74, 6) is 1.77. The molecule has 0 aliphatic heterocycles. The van der Waals surface area contributed by atoms with Gasteiger partial charge < -0.3 is 15.2 Å². The molecule has 0 saturated heterocycles. The molecule has 0 atom stereocenters. The SMILES string of the molecule is N=N/N=C(\N)Cc1ccccc1COc1ccc(OCc2ccc3ccccc3n2)cc1. The number of aromatic nitrogens is 1. The first-order valence-corrected chi connectivity index (χ1v) is 10.2. The standard InChI is InChI=1S/C25H23N5O2/c26-25(29-30-27)15-19-6-1-2-7-20(19)16-31-22-11-13-23(14-12-22)32-17-21-10-9-18-5-3-4-8-24(18)28-21/h1-14H,15-17H2,(H3,26,27,29). The van der Waals surface area contributed by atoms with Crippen molar-refractivity contribution in [3.63, 3.8) is 0 Å². The highest BCUT2D eigenvalue weighted by Gasteiger charge is 2.06. The van der Waals surface area contributed by atoms with Crippen molar-refractivity contribution in [2.24, 2.45) is 16.1 Å². The lowest BCUT2D eigenvalue weighted by Crippen LogP contribution is -2.15. The highest BCUT2D eigenvalue weighted by atomic mass is 16.5. The van der Waals surface area contributed by atoms with Crippen LogP contribution in [0.5, 0.6) is 11.5 Å². The normalized spacial score (nSPS) is 11.3. The van der Waals surface area contributed by atoms with Gasteiger partial charge in [0, 0.05) is 11.8 Å². The van der Waals surface area contributed by atoms with E-state index in [0.717, 1.165) is 39.2 Å². The molecule has 0 bridgehead atoms. The second kappa shape index (κ2) is 10.2. The van der Waals surface area contributed by atoms with E-state index in [1.54, 1.807) is 0 Å². The zero-order chi connectivity index (χ0) is 22.2. The first kappa shape index (κ1) is 21.0. The van der Waals surface area contributed by atoms with Crippen LogP contribution in [0, 0.1) is 5.53 Å². The number of nitrogens with zero attached hydrogens (tertiary/aromatic N) is 3. The molecule has 3 aromatic carbocycles. The number of pyridine rings is 1. The number of rotatable bonds is 9. The van der Waals surface area contributed by atoms with E-state index < -0.39 is 0 Å². The number of ether oxygens (including phenoxy) is 2. The number of hydrogen-bond donors (Lipinski definition) is 2. The van der Waals surface area contributed by atoms with Crippen LogP contribution in [0.15, 0.2) is 95.3 Å². The Hall–Kier alpha value is -4.26. The molecule has 0 aliphatic rings. The minimum Gasteiger partial charge on any atom is -0.489 e. The molecular formula is C25H23N5O2. The molecule has 0 radical (unpaired) electrons. The molecule has 0 spiro atoms. The molecule has 3 N–H and O–H groups in total. The lowest BCUT2D eigenvalue weighted by atomic mass is 10.0. The average molecular weight is 425 g/mol. The monoisotopic (exact) mass is 425 g/mol. The number of fused-ring (bicyclic) bond motifs is 1. The van der Waals surface area contributed by atoms with Crippen molar-refractivity contribution in [1.29, 1.82) is 5.53 Å². The minimum absolute atomic E-state index is 0.287. The smallest absolute Gasteiger partial charge is 0.130 e. The molecule has 0 saturated carbocycles. The van der Waals surface area contributed by atoms with Crippen LogP contribution in [-0.4, -0.2) is 10.8 Å². The molecule has 1 aromatic heterocycles. The predicted octanol–water partition coefficient (Wildman–Crippen LogP) is 5.24. The number of para-hydroxylation sites is 1. The van der Waals surface area contributed by atoms with E-state index in [-0.39, 0.29) is 5.84 Å². The van der Waals surface area contributed by atoms with Crippen LogP contribution >= 0.6 is 0 Å². The molecule has 32 heavy (non-hydrogen) atoms. The minimum atomic E-state index is 0.287. The van der Waals surface area contributed by atoms with Gasteiger partial charge in [-0.05, 0) is 47.5 Å². The summed E-state index contributed by atoms with van der Waals surface area (Å²) in [7, 11) is 0. The van der Waals surface area contributed by atoms with E-state index >= 15 is 0 Å². The highest BCUT2D eigenvalue weighted by molar-refractivity contribution is 5.82. The lowest BCUT2D eigenvalue weighted by Gasteiger charge is -2.12. The van der Waals surface area contributed by atoms with Crippen LogP contribution in [0.3, 0.4) is 0 Å². The van der Waals surface area contributed by atoms with Gasteiger partial charge in [0.2, 0.25) is 0 Å². The quantitative estimate of drug-likeness (QED) is 0.166. The fraction of sp³-hybridized carbons (Fsp3) is 0.120. The molecule has 160 valence electrons. The van der Waals surface area contributed by atoms with Gasteiger partial charge in [0.1, 0.15) is 30.5 Å². The molecule has 7 nitrogen and oxygen atoms in total. The first-order valence-electron chi connectivity index (χ1n) is 10.2. The number of benzene rings is 3. The van der Waals surface area contributed by atoms with Crippen LogP contribution in [-0.2, 0) is 19.6 Å². The van der Waals surface area contributed by atoms with Crippen molar-refractivity contribution >= 4 is 16.7 Å². The molecule has 0 fully saturated rings. The van der Waals surface area contributed by atoms with Crippen LogP contribution in [0.4, 0.5) is 0 Å². The Balaban J connectivity index is 1.34. The predicted molar refractivity (Wildman–Crippen MR) is 124 cm³/mol. The highest BCUT2D eigenvalue weighted by Crippen LogP contribution is 2.21. The maximum absolute atomic E-state index is 6.79. The fourth-order valence-corrected chi connectivity index (χ4v) is 3.30. The third-order valence-corrected chi connectivity index (χ3v) is 4.93. The molecule has 0 unspecified atom stereocenters. The molecule has 4 rings (SSSR count). The maximum Gasteiger partial charge on any atom is 0.130 e. The van der Waals surface area contributed by atoms with E-state index in [0.29, 0.717) is 19.6 Å². The summed E-state index contributed by atoms with van der Waals surface area (Å²) in [5, 5.41) is 7.66. The summed E-state index contributed by atoms with van der Waals surface area (Å²) in [6, 6.07) is 27.4. The van der Waals surface area contributed by atoms with Gasteiger partial charge in [-0.1, -0.05) is 53.8 Å². The van der Waals surface area contributed by atoms with E-state index in [1.165, 1.54) is 0 Å². The summed E-state index contributed by atoms with van der Waals surface area (Å²) < 4.78 is 11.8. The molecule has 0 amide bonds. The Kier molecular flexibility index (Phi) is 6.67. The van der Waals surface area contributed by atoms with E-state index in [4.69, 9.17) is 20.7 Å². The van der Waals surface area contributed by atoms with E-state index in [9.17, 15) is 0 Å². The van der Waals surface area contributed by atoms with Crippen molar-refractivity contribution in [2.45, 2.75) is 19.6 Å². The average Bonchev–Trinajstić information content (AvgIpc) is 2.83. The van der Waals surface area contributed by atoms with Crippen molar-refractivity contribution in [3.05, 3.63) is 102 Å². The van der Waals surface area contributed by atoms with Gasteiger partial charge in [0.25, 0.3) is 0 Å². The van der Waals surface area contributed by atoms with Gasteiger partial charge in [-0.25, -0.2) is 4.98 Å². The van der Waals surface area contributed by atoms with Crippen molar-refractivity contribution in [3.8, 4) is 11.5 Å². The Morgan fingerprint density at radius 3 is 2.19 bits per heavy atom. The summed E-state index contributed by atoms with van der Waals surface area (Å²) in [5.41, 5.74) is 16.4. The summed E-state index contributed by atoms with van der Waals surface area (Å²) in [6.07, 6.45) is 0.414. The molecular weight excluding hydrogens is 402 g/mol. The zero-order valence-corrected chi connectivity index (χ0v) is 17.4. The second-order valence-electron chi connectivity index (χ2n) is 7.18.